The second-order valence-corrected chi connectivity index (χ2v) is 5.24. The maximum Gasteiger partial charge on any atom is 0.214 e. The first kappa shape index (κ1) is 12.8. The van der Waals surface area contributed by atoms with Gasteiger partial charge in [0.2, 0.25) is 5.16 Å². The number of hydrogen-bond acceptors (Lipinski definition) is 6. The van der Waals surface area contributed by atoms with E-state index >= 15 is 0 Å². The van der Waals surface area contributed by atoms with Gasteiger partial charge in [0.25, 0.3) is 0 Å². The molecule has 2 aromatic heterocycles. The third kappa shape index (κ3) is 2.55. The van der Waals surface area contributed by atoms with Crippen molar-refractivity contribution < 1.29 is 0 Å². The summed E-state index contributed by atoms with van der Waals surface area (Å²) < 4.78 is 3.47. The van der Waals surface area contributed by atoms with Crippen LogP contribution in [0.4, 0.5) is 0 Å². The van der Waals surface area contributed by atoms with Gasteiger partial charge < -0.3 is 0 Å². The summed E-state index contributed by atoms with van der Waals surface area (Å²) in [5.74, 6) is 1.55. The summed E-state index contributed by atoms with van der Waals surface area (Å²) in [6.45, 7) is 2.05. The van der Waals surface area contributed by atoms with Gasteiger partial charge >= 0.3 is 0 Å². The second-order valence-electron chi connectivity index (χ2n) is 4.30. The van der Waals surface area contributed by atoms with Crippen molar-refractivity contribution in [2.45, 2.75) is 17.8 Å². The van der Waals surface area contributed by atoms with Crippen molar-refractivity contribution in [3.63, 3.8) is 0 Å². The lowest BCUT2D eigenvalue weighted by Crippen LogP contribution is -2.01. The molecule has 102 valence electrons. The van der Waals surface area contributed by atoms with E-state index in [4.69, 9.17) is 0 Å². The molecule has 0 aliphatic carbocycles. The summed E-state index contributed by atoms with van der Waals surface area (Å²) in [5, 5.41) is 16.6. The average molecular weight is 287 g/mol. The maximum atomic E-state index is 4.18. The summed E-state index contributed by atoms with van der Waals surface area (Å²) in [6.07, 6.45) is 1.54. The van der Waals surface area contributed by atoms with Crippen molar-refractivity contribution >= 4 is 11.8 Å². The van der Waals surface area contributed by atoms with Gasteiger partial charge in [-0.2, -0.15) is 9.78 Å². The lowest BCUT2D eigenvalue weighted by Gasteiger charge is -2.04. The van der Waals surface area contributed by atoms with Crippen LogP contribution in [0.25, 0.3) is 5.69 Å². The van der Waals surface area contributed by atoms with E-state index in [9.17, 15) is 0 Å². The molecule has 8 heteroatoms. The predicted octanol–water partition coefficient (Wildman–Crippen LogP) is 1.39. The number of aryl methyl sites for hydroxylation is 2. The minimum atomic E-state index is 0.669. The zero-order valence-electron chi connectivity index (χ0n) is 11.1. The standard InChI is InChI=1S/C12H13N7S/c1-9-3-5-10(6-4-9)19-12(15-16-17-19)20-7-11-13-8-14-18(11)2/h3-6,8H,7H2,1-2H3. The van der Waals surface area contributed by atoms with Gasteiger partial charge in [0.15, 0.2) is 0 Å². The molecule has 3 aromatic rings. The molecule has 7 nitrogen and oxygen atoms in total. The van der Waals surface area contributed by atoms with Gasteiger partial charge in [-0.3, -0.25) is 4.68 Å². The first-order valence-electron chi connectivity index (χ1n) is 6.05. The van der Waals surface area contributed by atoms with Gasteiger partial charge in [-0.05, 0) is 29.5 Å². The van der Waals surface area contributed by atoms with E-state index in [0.29, 0.717) is 5.75 Å². The first-order valence-corrected chi connectivity index (χ1v) is 7.03. The average Bonchev–Trinajstić information content (AvgIpc) is 3.06. The highest BCUT2D eigenvalue weighted by Gasteiger charge is 2.10. The molecule has 2 heterocycles. The molecule has 0 fully saturated rings. The lowest BCUT2D eigenvalue weighted by atomic mass is 10.2. The highest BCUT2D eigenvalue weighted by molar-refractivity contribution is 7.98. The summed E-state index contributed by atoms with van der Waals surface area (Å²) >= 11 is 1.53. The molecule has 0 aliphatic rings. The quantitative estimate of drug-likeness (QED) is 0.675. The van der Waals surface area contributed by atoms with Crippen LogP contribution in [0.15, 0.2) is 35.7 Å². The fourth-order valence-electron chi connectivity index (χ4n) is 1.70. The molecule has 0 radical (unpaired) electrons. The first-order chi connectivity index (χ1) is 9.74. The molecule has 0 saturated heterocycles. The topological polar surface area (TPSA) is 74.3 Å². The van der Waals surface area contributed by atoms with Crippen LogP contribution in [-0.4, -0.2) is 35.0 Å². The monoisotopic (exact) mass is 287 g/mol. The van der Waals surface area contributed by atoms with Crippen LogP contribution >= 0.6 is 11.8 Å². The van der Waals surface area contributed by atoms with E-state index in [0.717, 1.165) is 16.7 Å². The predicted molar refractivity (Wildman–Crippen MR) is 74.5 cm³/mol. The Kier molecular flexibility index (Phi) is 3.46. The highest BCUT2D eigenvalue weighted by atomic mass is 32.2. The SMILES string of the molecule is Cc1ccc(-n2nnnc2SCc2ncnn2C)cc1. The van der Waals surface area contributed by atoms with Gasteiger partial charge in [0.1, 0.15) is 12.2 Å². The van der Waals surface area contributed by atoms with Gasteiger partial charge in [-0.15, -0.1) is 5.10 Å². The summed E-state index contributed by atoms with van der Waals surface area (Å²) in [7, 11) is 1.87. The normalized spacial score (nSPS) is 10.9. The van der Waals surface area contributed by atoms with Crippen molar-refractivity contribution in [3.8, 4) is 5.69 Å². The third-order valence-electron chi connectivity index (χ3n) is 2.85. The highest BCUT2D eigenvalue weighted by Crippen LogP contribution is 2.21. The Balaban J connectivity index is 1.80. The number of hydrogen-bond donors (Lipinski definition) is 0. The van der Waals surface area contributed by atoms with E-state index in [2.05, 4.69) is 25.6 Å². The number of tetrazole rings is 1. The van der Waals surface area contributed by atoms with E-state index in [-0.39, 0.29) is 0 Å². The fraction of sp³-hybridized carbons (Fsp3) is 0.250. The minimum absolute atomic E-state index is 0.669. The zero-order valence-corrected chi connectivity index (χ0v) is 11.9. The number of rotatable bonds is 4. The molecule has 0 N–H and O–H groups in total. The van der Waals surface area contributed by atoms with E-state index in [1.807, 2.05) is 38.2 Å². The summed E-state index contributed by atoms with van der Waals surface area (Å²) in [6, 6.07) is 8.07. The van der Waals surface area contributed by atoms with Crippen LogP contribution in [0.2, 0.25) is 0 Å². The van der Waals surface area contributed by atoms with Gasteiger partial charge in [-0.1, -0.05) is 29.5 Å². The van der Waals surface area contributed by atoms with Crippen LogP contribution in [-0.2, 0) is 12.8 Å². The van der Waals surface area contributed by atoms with Crippen molar-refractivity contribution in [1.82, 2.24) is 35.0 Å². The van der Waals surface area contributed by atoms with Crippen LogP contribution in [0.1, 0.15) is 11.4 Å². The molecule has 0 amide bonds. The molecule has 0 unspecified atom stereocenters. The van der Waals surface area contributed by atoms with Crippen LogP contribution in [0.5, 0.6) is 0 Å². The number of aromatic nitrogens is 7. The molecule has 0 bridgehead atoms. The number of nitrogens with zero attached hydrogens (tertiary/aromatic N) is 7. The molecule has 1 aromatic carbocycles. The number of benzene rings is 1. The zero-order chi connectivity index (χ0) is 13.9. The Labute approximate surface area is 120 Å². The Morgan fingerprint density at radius 2 is 2.00 bits per heavy atom. The summed E-state index contributed by atoms with van der Waals surface area (Å²) in [4.78, 5) is 4.18. The fourth-order valence-corrected chi connectivity index (χ4v) is 2.57. The molecule has 0 saturated carbocycles. The smallest absolute Gasteiger partial charge is 0.214 e. The minimum Gasteiger partial charge on any atom is -0.252 e. The molecule has 20 heavy (non-hydrogen) atoms. The second kappa shape index (κ2) is 5.41. The van der Waals surface area contributed by atoms with Crippen molar-refractivity contribution in [2.75, 3.05) is 0 Å². The van der Waals surface area contributed by atoms with E-state index < -0.39 is 0 Å². The van der Waals surface area contributed by atoms with Crippen molar-refractivity contribution in [1.29, 1.82) is 0 Å². The van der Waals surface area contributed by atoms with Crippen LogP contribution in [0, 0.1) is 6.92 Å². The Morgan fingerprint density at radius 1 is 1.20 bits per heavy atom. The van der Waals surface area contributed by atoms with Gasteiger partial charge in [-0.25, -0.2) is 4.98 Å². The molecule has 0 spiro atoms. The molecular weight excluding hydrogens is 274 g/mol. The molecule has 3 rings (SSSR count). The number of thioether (sulfide) groups is 1. The Bertz CT molecular complexity index is 701. The Hall–Kier alpha value is -2.22. The van der Waals surface area contributed by atoms with Gasteiger partial charge in [0.05, 0.1) is 11.4 Å². The van der Waals surface area contributed by atoms with Crippen molar-refractivity contribution in [2.24, 2.45) is 7.05 Å². The third-order valence-corrected chi connectivity index (χ3v) is 3.77. The lowest BCUT2D eigenvalue weighted by molar-refractivity contribution is 0.727. The molecule has 0 atom stereocenters. The largest absolute Gasteiger partial charge is 0.252 e. The molecule has 0 aliphatic heterocycles. The van der Waals surface area contributed by atoms with Crippen LogP contribution < -0.4 is 0 Å². The molecular formula is C12H13N7S. The van der Waals surface area contributed by atoms with E-state index in [1.165, 1.54) is 17.3 Å². The van der Waals surface area contributed by atoms with Crippen LogP contribution in [0.3, 0.4) is 0 Å². The maximum absolute atomic E-state index is 4.18. The van der Waals surface area contributed by atoms with Gasteiger partial charge in [0, 0.05) is 7.05 Å². The summed E-state index contributed by atoms with van der Waals surface area (Å²) in [5.41, 5.74) is 2.15. The van der Waals surface area contributed by atoms with E-state index in [1.54, 1.807) is 15.7 Å². The van der Waals surface area contributed by atoms with Crippen molar-refractivity contribution in [3.05, 3.63) is 42.0 Å². The Morgan fingerprint density at radius 3 is 2.70 bits per heavy atom.